The number of hydrogen-bond acceptors (Lipinski definition) is 3. The number of carbonyl (C=O) groups is 1. The predicted molar refractivity (Wildman–Crippen MR) is 90.2 cm³/mol. The van der Waals surface area contributed by atoms with Crippen LogP contribution in [-0.4, -0.2) is 29.7 Å². The van der Waals surface area contributed by atoms with Crippen molar-refractivity contribution < 1.29 is 9.53 Å². The highest BCUT2D eigenvalue weighted by Gasteiger charge is 2.25. The highest BCUT2D eigenvalue weighted by atomic mass is 16.6. The molecule has 22 heavy (non-hydrogen) atoms. The Kier molecular flexibility index (Phi) is 5.33. The monoisotopic (exact) mass is 304 g/mol. The molecule has 1 heterocycles. The van der Waals surface area contributed by atoms with Crippen LogP contribution in [0, 0.1) is 0 Å². The van der Waals surface area contributed by atoms with E-state index >= 15 is 0 Å². The largest absolute Gasteiger partial charge is 0.444 e. The molecule has 2 rings (SSSR count). The maximum atomic E-state index is 12.2. The van der Waals surface area contributed by atoms with Gasteiger partial charge in [0.05, 0.1) is 0 Å². The predicted octanol–water partition coefficient (Wildman–Crippen LogP) is 4.19. The second-order valence-corrected chi connectivity index (χ2v) is 6.92. The van der Waals surface area contributed by atoms with Crippen molar-refractivity contribution in [3.8, 4) is 0 Å². The van der Waals surface area contributed by atoms with Crippen molar-refractivity contribution in [2.75, 3.05) is 18.4 Å². The lowest BCUT2D eigenvalue weighted by Gasteiger charge is -2.31. The lowest BCUT2D eigenvalue weighted by Crippen LogP contribution is -2.39. The summed E-state index contributed by atoms with van der Waals surface area (Å²) < 4.78 is 5.47. The second-order valence-electron chi connectivity index (χ2n) is 6.92. The quantitative estimate of drug-likeness (QED) is 0.848. The number of hydrogen-bond donors (Lipinski definition) is 1. The Morgan fingerprint density at radius 2 is 2.09 bits per heavy atom. The van der Waals surface area contributed by atoms with Gasteiger partial charge in [0.2, 0.25) is 0 Å². The molecular weight excluding hydrogens is 276 g/mol. The van der Waals surface area contributed by atoms with Gasteiger partial charge in [0.1, 0.15) is 5.60 Å². The van der Waals surface area contributed by atoms with Crippen LogP contribution in [0.1, 0.15) is 51.7 Å². The molecule has 0 saturated heterocycles. The summed E-state index contributed by atoms with van der Waals surface area (Å²) in [4.78, 5) is 14.0. The third kappa shape index (κ3) is 4.65. The van der Waals surface area contributed by atoms with E-state index in [4.69, 9.17) is 4.74 Å². The molecule has 0 radical (unpaired) electrons. The Hall–Kier alpha value is -1.71. The van der Waals surface area contributed by atoms with Gasteiger partial charge in [-0.05, 0) is 56.9 Å². The minimum Gasteiger partial charge on any atom is -0.444 e. The van der Waals surface area contributed by atoms with E-state index in [0.29, 0.717) is 6.54 Å². The zero-order valence-electron chi connectivity index (χ0n) is 14.2. The van der Waals surface area contributed by atoms with Gasteiger partial charge in [-0.2, -0.15) is 0 Å². The van der Waals surface area contributed by atoms with Gasteiger partial charge in [-0.1, -0.05) is 19.4 Å². The number of nitrogens with one attached hydrogen (secondary N) is 1. The van der Waals surface area contributed by atoms with Crippen LogP contribution in [0.5, 0.6) is 0 Å². The average molecular weight is 304 g/mol. The summed E-state index contributed by atoms with van der Waals surface area (Å²) in [6, 6.07) is 6.48. The minimum atomic E-state index is -0.444. The molecule has 0 bridgehead atoms. The number of rotatable bonds is 4. The van der Waals surface area contributed by atoms with Crippen LogP contribution in [0.2, 0.25) is 0 Å². The fourth-order valence-electron chi connectivity index (χ4n) is 2.56. The summed E-state index contributed by atoms with van der Waals surface area (Å²) in [5.74, 6) is 0. The Morgan fingerprint density at radius 1 is 1.32 bits per heavy atom. The summed E-state index contributed by atoms with van der Waals surface area (Å²) in [5.41, 5.74) is 3.25. The SMILES string of the molecule is CCCCNc1ccc2c(c1)CN(C(=O)OC(C)(C)C)CC2. The van der Waals surface area contributed by atoms with E-state index in [9.17, 15) is 4.79 Å². The Labute approximate surface area is 133 Å². The van der Waals surface area contributed by atoms with Gasteiger partial charge < -0.3 is 15.0 Å². The summed E-state index contributed by atoms with van der Waals surface area (Å²) in [6.45, 7) is 10.2. The molecule has 0 aliphatic carbocycles. The van der Waals surface area contributed by atoms with Crippen LogP contribution < -0.4 is 5.32 Å². The molecule has 0 atom stereocenters. The molecule has 1 N–H and O–H groups in total. The van der Waals surface area contributed by atoms with E-state index in [1.165, 1.54) is 24.0 Å². The lowest BCUT2D eigenvalue weighted by atomic mass is 9.99. The highest BCUT2D eigenvalue weighted by molar-refractivity contribution is 5.69. The summed E-state index contributed by atoms with van der Waals surface area (Å²) in [5, 5.41) is 3.44. The fraction of sp³-hybridized carbons (Fsp3) is 0.611. The van der Waals surface area contributed by atoms with Crippen molar-refractivity contribution >= 4 is 11.8 Å². The molecule has 1 amide bonds. The van der Waals surface area contributed by atoms with Gasteiger partial charge in [0, 0.05) is 25.3 Å². The average Bonchev–Trinajstić information content (AvgIpc) is 2.45. The second kappa shape index (κ2) is 7.03. The van der Waals surface area contributed by atoms with Crippen molar-refractivity contribution in [2.24, 2.45) is 0 Å². The molecule has 0 saturated carbocycles. The Bertz CT molecular complexity index is 520. The number of nitrogens with zero attached hydrogens (tertiary/aromatic N) is 1. The van der Waals surface area contributed by atoms with Gasteiger partial charge >= 0.3 is 6.09 Å². The molecule has 4 nitrogen and oxygen atoms in total. The number of amides is 1. The van der Waals surface area contributed by atoms with Crippen LogP contribution in [-0.2, 0) is 17.7 Å². The molecule has 0 fully saturated rings. The minimum absolute atomic E-state index is 0.220. The van der Waals surface area contributed by atoms with Gasteiger partial charge in [-0.15, -0.1) is 0 Å². The first kappa shape index (κ1) is 16.7. The Morgan fingerprint density at radius 3 is 2.77 bits per heavy atom. The molecule has 1 aromatic rings. The first-order chi connectivity index (χ1) is 10.4. The van der Waals surface area contributed by atoms with E-state index in [-0.39, 0.29) is 6.09 Å². The Balaban J connectivity index is 2.02. The van der Waals surface area contributed by atoms with Gasteiger partial charge in [0.15, 0.2) is 0 Å². The van der Waals surface area contributed by atoms with E-state index < -0.39 is 5.60 Å². The van der Waals surface area contributed by atoms with Crippen molar-refractivity contribution in [3.05, 3.63) is 29.3 Å². The molecule has 0 spiro atoms. The maximum absolute atomic E-state index is 12.2. The first-order valence-corrected chi connectivity index (χ1v) is 8.22. The number of ether oxygens (including phenoxy) is 1. The molecular formula is C18H28N2O2. The normalized spacial score (nSPS) is 14.5. The fourth-order valence-corrected chi connectivity index (χ4v) is 2.56. The number of unbranched alkanes of at least 4 members (excludes halogenated alkanes) is 1. The van der Waals surface area contributed by atoms with E-state index in [1.807, 2.05) is 20.8 Å². The molecule has 122 valence electrons. The van der Waals surface area contributed by atoms with Gasteiger partial charge in [0.25, 0.3) is 0 Å². The standard InChI is InChI=1S/C18H28N2O2/c1-5-6-10-19-16-8-7-14-9-11-20(13-15(14)12-16)17(21)22-18(2,3)4/h7-8,12,19H,5-6,9-11,13H2,1-4H3. The molecule has 0 aromatic heterocycles. The summed E-state index contributed by atoms with van der Waals surface area (Å²) >= 11 is 0. The first-order valence-electron chi connectivity index (χ1n) is 8.22. The molecule has 4 heteroatoms. The summed E-state index contributed by atoms with van der Waals surface area (Å²) in [7, 11) is 0. The molecule has 0 unspecified atom stereocenters. The highest BCUT2D eigenvalue weighted by Crippen LogP contribution is 2.24. The van der Waals surface area contributed by atoms with Crippen LogP contribution in [0.15, 0.2) is 18.2 Å². The third-order valence-corrected chi connectivity index (χ3v) is 3.73. The number of carbonyl (C=O) groups excluding carboxylic acids is 1. The van der Waals surface area contributed by atoms with Gasteiger partial charge in [-0.25, -0.2) is 4.79 Å². The zero-order valence-corrected chi connectivity index (χ0v) is 14.2. The zero-order chi connectivity index (χ0) is 16.2. The van der Waals surface area contributed by atoms with E-state index in [2.05, 4.69) is 30.4 Å². The maximum Gasteiger partial charge on any atom is 0.410 e. The van der Waals surface area contributed by atoms with Crippen molar-refractivity contribution in [1.29, 1.82) is 0 Å². The summed E-state index contributed by atoms with van der Waals surface area (Å²) in [6.07, 6.45) is 3.03. The van der Waals surface area contributed by atoms with E-state index in [1.54, 1.807) is 4.90 Å². The number of anilines is 1. The topological polar surface area (TPSA) is 41.6 Å². The van der Waals surface area contributed by atoms with E-state index in [0.717, 1.165) is 25.2 Å². The van der Waals surface area contributed by atoms with Crippen LogP contribution in [0.3, 0.4) is 0 Å². The van der Waals surface area contributed by atoms with Crippen LogP contribution >= 0.6 is 0 Å². The molecule has 1 aliphatic heterocycles. The van der Waals surface area contributed by atoms with Crippen molar-refractivity contribution in [2.45, 2.75) is 59.1 Å². The van der Waals surface area contributed by atoms with Crippen molar-refractivity contribution in [3.63, 3.8) is 0 Å². The molecule has 1 aliphatic rings. The third-order valence-electron chi connectivity index (χ3n) is 3.73. The van der Waals surface area contributed by atoms with Gasteiger partial charge in [-0.3, -0.25) is 0 Å². The van der Waals surface area contributed by atoms with Crippen LogP contribution in [0.25, 0.3) is 0 Å². The molecule has 1 aromatic carbocycles. The number of benzene rings is 1. The lowest BCUT2D eigenvalue weighted by molar-refractivity contribution is 0.0224. The van der Waals surface area contributed by atoms with Crippen LogP contribution in [0.4, 0.5) is 10.5 Å². The smallest absolute Gasteiger partial charge is 0.410 e. The van der Waals surface area contributed by atoms with Crippen molar-refractivity contribution in [1.82, 2.24) is 4.90 Å². The number of fused-ring (bicyclic) bond motifs is 1.